The zero-order valence-electron chi connectivity index (χ0n) is 12.6. The van der Waals surface area contributed by atoms with Gasteiger partial charge in [0.05, 0.1) is 5.02 Å². The first-order valence-electron chi connectivity index (χ1n) is 7.35. The summed E-state index contributed by atoms with van der Waals surface area (Å²) < 4.78 is 27.5. The van der Waals surface area contributed by atoms with Crippen LogP contribution in [0.15, 0.2) is 23.1 Å². The zero-order valence-corrected chi connectivity index (χ0v) is 14.1. The average molecular weight is 331 g/mol. The minimum absolute atomic E-state index is 0.125. The van der Waals surface area contributed by atoms with Crippen LogP contribution in [0.25, 0.3) is 0 Å². The minimum atomic E-state index is -3.55. The molecule has 2 N–H and O–H groups in total. The molecule has 1 aromatic rings. The highest BCUT2D eigenvalue weighted by Gasteiger charge is 2.38. The number of nitrogens with one attached hydrogen (secondary N) is 2. The molecule has 0 bridgehead atoms. The molecule has 0 atom stereocenters. The fourth-order valence-electron chi connectivity index (χ4n) is 2.01. The van der Waals surface area contributed by atoms with Crippen LogP contribution in [0.2, 0.25) is 5.02 Å². The van der Waals surface area contributed by atoms with Gasteiger partial charge < -0.3 is 5.32 Å². The van der Waals surface area contributed by atoms with Crippen LogP contribution < -0.4 is 10.0 Å². The Hall–Kier alpha value is -0.620. The van der Waals surface area contributed by atoms with Gasteiger partial charge in [-0.2, -0.15) is 0 Å². The summed E-state index contributed by atoms with van der Waals surface area (Å²) in [7, 11) is -3.55. The molecule has 0 amide bonds. The Labute approximate surface area is 132 Å². The maximum atomic E-state index is 12.4. The van der Waals surface area contributed by atoms with E-state index in [1.165, 1.54) is 0 Å². The Morgan fingerprint density at radius 3 is 2.67 bits per heavy atom. The molecule has 0 spiro atoms. The summed E-state index contributed by atoms with van der Waals surface area (Å²) in [6, 6.07) is 5.16. The van der Waals surface area contributed by atoms with Crippen molar-refractivity contribution in [2.24, 2.45) is 5.41 Å². The van der Waals surface area contributed by atoms with Gasteiger partial charge in [0.1, 0.15) is 4.90 Å². The topological polar surface area (TPSA) is 58.2 Å². The Bertz CT molecular complexity index is 598. The van der Waals surface area contributed by atoms with Crippen molar-refractivity contribution in [3.05, 3.63) is 28.8 Å². The Morgan fingerprint density at radius 2 is 2.05 bits per heavy atom. The summed E-state index contributed by atoms with van der Waals surface area (Å²) in [5.74, 6) is 0. The van der Waals surface area contributed by atoms with Crippen molar-refractivity contribution in [1.82, 2.24) is 10.0 Å². The molecule has 1 aliphatic carbocycles. The molecule has 0 unspecified atom stereocenters. The van der Waals surface area contributed by atoms with Crippen LogP contribution in [-0.4, -0.2) is 21.5 Å². The number of halogens is 1. The van der Waals surface area contributed by atoms with Crippen molar-refractivity contribution >= 4 is 21.6 Å². The first-order chi connectivity index (χ1) is 9.86. The van der Waals surface area contributed by atoms with Crippen LogP contribution in [0.3, 0.4) is 0 Å². The Kier molecular flexibility index (Phi) is 5.30. The lowest BCUT2D eigenvalue weighted by Crippen LogP contribution is -2.29. The summed E-state index contributed by atoms with van der Waals surface area (Å²) in [5.41, 5.74) is 1.05. The molecule has 0 saturated heterocycles. The SMILES string of the molecule is CCCNCc1ccc(Cl)c(S(=O)(=O)NCC2(C)CC2)c1. The van der Waals surface area contributed by atoms with E-state index in [9.17, 15) is 8.42 Å². The van der Waals surface area contributed by atoms with Crippen molar-refractivity contribution in [3.63, 3.8) is 0 Å². The van der Waals surface area contributed by atoms with Gasteiger partial charge in [0, 0.05) is 13.1 Å². The van der Waals surface area contributed by atoms with E-state index in [1.54, 1.807) is 12.1 Å². The predicted octanol–water partition coefficient (Wildman–Crippen LogP) is 2.92. The van der Waals surface area contributed by atoms with E-state index in [4.69, 9.17) is 11.6 Å². The van der Waals surface area contributed by atoms with Gasteiger partial charge >= 0.3 is 0 Å². The Morgan fingerprint density at radius 1 is 1.33 bits per heavy atom. The molecule has 0 aliphatic heterocycles. The molecule has 2 rings (SSSR count). The highest BCUT2D eigenvalue weighted by Crippen LogP contribution is 2.44. The molecule has 118 valence electrons. The zero-order chi connectivity index (χ0) is 15.5. The number of hydrogen-bond acceptors (Lipinski definition) is 3. The standard InChI is InChI=1S/C15H23ClN2O2S/c1-3-8-17-10-12-4-5-13(16)14(9-12)21(19,20)18-11-15(2)6-7-15/h4-5,9,17-18H,3,6-8,10-11H2,1-2H3. The summed E-state index contributed by atoms with van der Waals surface area (Å²) in [5, 5.41) is 3.52. The van der Waals surface area contributed by atoms with Gasteiger partial charge in [-0.05, 0) is 48.9 Å². The van der Waals surface area contributed by atoms with Gasteiger partial charge in [-0.1, -0.05) is 31.5 Å². The van der Waals surface area contributed by atoms with E-state index in [-0.39, 0.29) is 15.3 Å². The summed E-state index contributed by atoms with van der Waals surface area (Å²) in [6.45, 7) is 6.20. The molecule has 1 fully saturated rings. The molecule has 4 nitrogen and oxygen atoms in total. The number of hydrogen-bond donors (Lipinski definition) is 2. The second-order valence-corrected chi connectivity index (χ2v) is 8.22. The summed E-state index contributed by atoms with van der Waals surface area (Å²) >= 11 is 6.07. The van der Waals surface area contributed by atoms with E-state index < -0.39 is 10.0 Å². The highest BCUT2D eigenvalue weighted by atomic mass is 35.5. The summed E-state index contributed by atoms with van der Waals surface area (Å²) in [4.78, 5) is 0.171. The van der Waals surface area contributed by atoms with Crippen LogP contribution in [0.4, 0.5) is 0 Å². The molecule has 21 heavy (non-hydrogen) atoms. The summed E-state index contributed by atoms with van der Waals surface area (Å²) in [6.07, 6.45) is 3.19. The van der Waals surface area contributed by atoms with Crippen LogP contribution in [0.1, 0.15) is 38.7 Å². The fraction of sp³-hybridized carbons (Fsp3) is 0.600. The van der Waals surface area contributed by atoms with Crippen LogP contribution >= 0.6 is 11.6 Å². The molecule has 1 aromatic carbocycles. The van der Waals surface area contributed by atoms with Crippen molar-refractivity contribution in [1.29, 1.82) is 0 Å². The van der Waals surface area contributed by atoms with E-state index in [0.717, 1.165) is 31.4 Å². The van der Waals surface area contributed by atoms with E-state index >= 15 is 0 Å². The maximum absolute atomic E-state index is 12.4. The third kappa shape index (κ3) is 4.68. The molecule has 1 saturated carbocycles. The molecule has 6 heteroatoms. The van der Waals surface area contributed by atoms with Crippen molar-refractivity contribution < 1.29 is 8.42 Å². The van der Waals surface area contributed by atoms with E-state index in [1.807, 2.05) is 6.07 Å². The van der Waals surface area contributed by atoms with E-state index in [0.29, 0.717) is 13.1 Å². The molecule has 0 heterocycles. The molecule has 0 radical (unpaired) electrons. The van der Waals surface area contributed by atoms with Crippen molar-refractivity contribution in [2.75, 3.05) is 13.1 Å². The minimum Gasteiger partial charge on any atom is -0.313 e. The first kappa shape index (κ1) is 16.7. The molecule has 1 aliphatic rings. The second-order valence-electron chi connectivity index (χ2n) is 6.08. The van der Waals surface area contributed by atoms with Gasteiger partial charge in [0.15, 0.2) is 0 Å². The number of benzene rings is 1. The van der Waals surface area contributed by atoms with Crippen LogP contribution in [0, 0.1) is 5.41 Å². The fourth-order valence-corrected chi connectivity index (χ4v) is 3.76. The van der Waals surface area contributed by atoms with Crippen LogP contribution in [-0.2, 0) is 16.6 Å². The quantitative estimate of drug-likeness (QED) is 0.720. The lowest BCUT2D eigenvalue weighted by Gasteiger charge is -2.13. The number of sulfonamides is 1. The lowest BCUT2D eigenvalue weighted by molar-refractivity contribution is 0.530. The average Bonchev–Trinajstić information content (AvgIpc) is 3.17. The third-order valence-electron chi connectivity index (χ3n) is 3.83. The van der Waals surface area contributed by atoms with Crippen LogP contribution in [0.5, 0.6) is 0 Å². The van der Waals surface area contributed by atoms with Gasteiger partial charge in [0.2, 0.25) is 10.0 Å². The Balaban J connectivity index is 2.10. The maximum Gasteiger partial charge on any atom is 0.242 e. The third-order valence-corrected chi connectivity index (χ3v) is 5.72. The first-order valence-corrected chi connectivity index (χ1v) is 9.21. The van der Waals surface area contributed by atoms with Gasteiger partial charge in [-0.3, -0.25) is 0 Å². The van der Waals surface area contributed by atoms with Crippen molar-refractivity contribution in [3.8, 4) is 0 Å². The lowest BCUT2D eigenvalue weighted by atomic mass is 10.2. The number of rotatable bonds is 8. The molecule has 0 aromatic heterocycles. The molecular formula is C15H23ClN2O2S. The predicted molar refractivity (Wildman–Crippen MR) is 86.0 cm³/mol. The smallest absolute Gasteiger partial charge is 0.242 e. The monoisotopic (exact) mass is 330 g/mol. The normalized spacial score (nSPS) is 16.9. The van der Waals surface area contributed by atoms with Gasteiger partial charge in [-0.15, -0.1) is 0 Å². The van der Waals surface area contributed by atoms with Gasteiger partial charge in [0.25, 0.3) is 0 Å². The van der Waals surface area contributed by atoms with E-state index in [2.05, 4.69) is 23.9 Å². The molecular weight excluding hydrogens is 308 g/mol. The van der Waals surface area contributed by atoms with Crippen molar-refractivity contribution in [2.45, 2.75) is 44.6 Å². The second kappa shape index (κ2) is 6.65. The van der Waals surface area contributed by atoms with Gasteiger partial charge in [-0.25, -0.2) is 13.1 Å². The largest absolute Gasteiger partial charge is 0.313 e. The highest BCUT2D eigenvalue weighted by molar-refractivity contribution is 7.89.